The maximum absolute atomic E-state index is 3.77. The molecule has 0 aromatic rings. The second-order valence-electron chi connectivity index (χ2n) is 1.44. The Kier molecular flexibility index (Phi) is 3.76. The van der Waals surface area contributed by atoms with Gasteiger partial charge in [0, 0.05) is 19.5 Å². The summed E-state index contributed by atoms with van der Waals surface area (Å²) in [5.74, 6) is 0. The molecular weight excluding hydrogens is 100 g/mol. The third-order valence-electron chi connectivity index (χ3n) is 0.628. The predicted octanol–water partition coefficient (Wildman–Crippen LogP) is 1.29. The SMILES string of the molecule is C=N/C=C(/C)C=NC. The summed E-state index contributed by atoms with van der Waals surface area (Å²) in [7, 11) is 1.72. The molecule has 2 heteroatoms. The van der Waals surface area contributed by atoms with E-state index >= 15 is 0 Å². The third kappa shape index (κ3) is 3.28. The van der Waals surface area contributed by atoms with Crippen molar-refractivity contribution in [2.75, 3.05) is 7.05 Å². The van der Waals surface area contributed by atoms with Crippen molar-refractivity contribution >= 4 is 12.9 Å². The van der Waals surface area contributed by atoms with Crippen LogP contribution in [-0.2, 0) is 0 Å². The van der Waals surface area contributed by atoms with Gasteiger partial charge in [0.2, 0.25) is 0 Å². The fraction of sp³-hybridized carbons (Fsp3) is 0.333. The molecule has 0 radical (unpaired) electrons. The summed E-state index contributed by atoms with van der Waals surface area (Å²) < 4.78 is 0. The second-order valence-corrected chi connectivity index (χ2v) is 1.44. The molecule has 0 saturated carbocycles. The van der Waals surface area contributed by atoms with Crippen LogP contribution in [0.1, 0.15) is 6.92 Å². The molecule has 0 heterocycles. The average molecular weight is 110 g/mol. The number of allylic oxidation sites excluding steroid dienone is 1. The minimum absolute atomic E-state index is 1.02. The molecule has 0 aliphatic carbocycles. The minimum Gasteiger partial charge on any atom is -0.296 e. The molecule has 0 N–H and O–H groups in total. The lowest BCUT2D eigenvalue weighted by Gasteiger charge is -1.81. The van der Waals surface area contributed by atoms with Crippen LogP contribution in [0.5, 0.6) is 0 Å². The first-order chi connectivity index (χ1) is 3.81. The van der Waals surface area contributed by atoms with Gasteiger partial charge in [-0.15, -0.1) is 0 Å². The van der Waals surface area contributed by atoms with Gasteiger partial charge in [-0.3, -0.25) is 9.98 Å². The first kappa shape index (κ1) is 7.08. The summed E-state index contributed by atoms with van der Waals surface area (Å²) in [6.45, 7) is 5.21. The molecule has 8 heavy (non-hydrogen) atoms. The molecule has 0 rings (SSSR count). The van der Waals surface area contributed by atoms with Gasteiger partial charge in [0.25, 0.3) is 0 Å². The van der Waals surface area contributed by atoms with Gasteiger partial charge in [0.15, 0.2) is 0 Å². The Morgan fingerprint density at radius 1 is 1.62 bits per heavy atom. The van der Waals surface area contributed by atoms with Crippen LogP contribution in [0, 0.1) is 0 Å². The van der Waals surface area contributed by atoms with Crippen molar-refractivity contribution in [3.8, 4) is 0 Å². The van der Waals surface area contributed by atoms with Crippen LogP contribution in [0.15, 0.2) is 21.8 Å². The summed E-state index contributed by atoms with van der Waals surface area (Å²) in [6.07, 6.45) is 3.39. The van der Waals surface area contributed by atoms with E-state index in [2.05, 4.69) is 16.7 Å². The van der Waals surface area contributed by atoms with Crippen molar-refractivity contribution in [1.29, 1.82) is 0 Å². The van der Waals surface area contributed by atoms with E-state index in [1.165, 1.54) is 0 Å². The number of hydrogen-bond acceptors (Lipinski definition) is 2. The zero-order chi connectivity index (χ0) is 6.41. The van der Waals surface area contributed by atoms with E-state index in [1.807, 2.05) is 6.92 Å². The van der Waals surface area contributed by atoms with E-state index in [0.717, 1.165) is 5.57 Å². The van der Waals surface area contributed by atoms with Crippen LogP contribution in [0.3, 0.4) is 0 Å². The molecular formula is C6H10N2. The molecule has 0 saturated heterocycles. The Balaban J connectivity index is 3.79. The molecule has 2 nitrogen and oxygen atoms in total. The van der Waals surface area contributed by atoms with E-state index < -0.39 is 0 Å². The Morgan fingerprint density at radius 2 is 2.25 bits per heavy atom. The fourth-order valence-corrected chi connectivity index (χ4v) is 0.381. The quantitative estimate of drug-likeness (QED) is 0.478. The average Bonchev–Trinajstić information content (AvgIpc) is 1.68. The predicted molar refractivity (Wildman–Crippen MR) is 37.7 cm³/mol. The van der Waals surface area contributed by atoms with Gasteiger partial charge in [-0.2, -0.15) is 0 Å². The second kappa shape index (κ2) is 4.24. The largest absolute Gasteiger partial charge is 0.296 e. The highest BCUT2D eigenvalue weighted by molar-refractivity contribution is 5.77. The summed E-state index contributed by atoms with van der Waals surface area (Å²) >= 11 is 0. The highest BCUT2D eigenvalue weighted by atomic mass is 14.7. The van der Waals surface area contributed by atoms with E-state index in [9.17, 15) is 0 Å². The zero-order valence-electron chi connectivity index (χ0n) is 5.26. The fourth-order valence-electron chi connectivity index (χ4n) is 0.381. The third-order valence-corrected chi connectivity index (χ3v) is 0.628. The van der Waals surface area contributed by atoms with Gasteiger partial charge < -0.3 is 0 Å². The van der Waals surface area contributed by atoms with Crippen molar-refractivity contribution in [3.63, 3.8) is 0 Å². The van der Waals surface area contributed by atoms with Crippen molar-refractivity contribution in [1.82, 2.24) is 0 Å². The lowest BCUT2D eigenvalue weighted by Crippen LogP contribution is -1.73. The highest BCUT2D eigenvalue weighted by Gasteiger charge is 1.74. The molecule has 0 aliphatic rings. The molecule has 44 valence electrons. The smallest absolute Gasteiger partial charge is 0.0304 e. The molecule has 0 aliphatic heterocycles. The Labute approximate surface area is 49.7 Å². The van der Waals surface area contributed by atoms with Crippen molar-refractivity contribution in [2.24, 2.45) is 9.98 Å². The molecule has 0 bridgehead atoms. The van der Waals surface area contributed by atoms with Gasteiger partial charge in [-0.25, -0.2) is 0 Å². The van der Waals surface area contributed by atoms with Gasteiger partial charge in [-0.1, -0.05) is 0 Å². The molecule has 0 amide bonds. The maximum atomic E-state index is 3.77. The van der Waals surface area contributed by atoms with E-state index in [-0.39, 0.29) is 0 Å². The van der Waals surface area contributed by atoms with E-state index in [1.54, 1.807) is 19.5 Å². The Hall–Kier alpha value is -0.920. The van der Waals surface area contributed by atoms with Crippen molar-refractivity contribution < 1.29 is 0 Å². The minimum atomic E-state index is 1.02. The molecule has 0 aromatic carbocycles. The number of nitrogens with zero attached hydrogens (tertiary/aromatic N) is 2. The first-order valence-electron chi connectivity index (χ1n) is 2.36. The van der Waals surface area contributed by atoms with Crippen molar-refractivity contribution in [3.05, 3.63) is 11.8 Å². The lowest BCUT2D eigenvalue weighted by molar-refractivity contribution is 1.42. The zero-order valence-corrected chi connectivity index (χ0v) is 5.26. The van der Waals surface area contributed by atoms with Gasteiger partial charge in [0.05, 0.1) is 0 Å². The van der Waals surface area contributed by atoms with Crippen LogP contribution in [0.25, 0.3) is 0 Å². The Morgan fingerprint density at radius 3 is 2.62 bits per heavy atom. The first-order valence-corrected chi connectivity index (χ1v) is 2.36. The molecule has 0 spiro atoms. The topological polar surface area (TPSA) is 24.7 Å². The van der Waals surface area contributed by atoms with Crippen LogP contribution in [0.2, 0.25) is 0 Å². The highest BCUT2D eigenvalue weighted by Crippen LogP contribution is 1.85. The van der Waals surface area contributed by atoms with E-state index in [4.69, 9.17) is 0 Å². The number of rotatable bonds is 2. The van der Waals surface area contributed by atoms with Crippen molar-refractivity contribution in [2.45, 2.75) is 6.92 Å². The number of aliphatic imine (C=N–C) groups is 2. The molecule has 0 atom stereocenters. The van der Waals surface area contributed by atoms with Crippen LogP contribution < -0.4 is 0 Å². The monoisotopic (exact) mass is 110 g/mol. The molecule has 0 aromatic heterocycles. The van der Waals surface area contributed by atoms with Gasteiger partial charge >= 0.3 is 0 Å². The summed E-state index contributed by atoms with van der Waals surface area (Å²) in [5, 5.41) is 0. The maximum Gasteiger partial charge on any atom is 0.0304 e. The standard InChI is InChI=1S/C6H10N2/c1-6(4-7-2)5-8-3/h4-5H,2H2,1,3H3/b6-4-,8-5?. The summed E-state index contributed by atoms with van der Waals surface area (Å²) in [4.78, 5) is 7.32. The van der Waals surface area contributed by atoms with Crippen LogP contribution in [0.4, 0.5) is 0 Å². The van der Waals surface area contributed by atoms with Gasteiger partial charge in [-0.05, 0) is 19.2 Å². The van der Waals surface area contributed by atoms with Gasteiger partial charge in [0.1, 0.15) is 0 Å². The van der Waals surface area contributed by atoms with Crippen LogP contribution >= 0.6 is 0 Å². The Bertz CT molecular complexity index is 122. The summed E-state index contributed by atoms with van der Waals surface area (Å²) in [6, 6.07) is 0. The molecule has 0 fully saturated rings. The molecule has 0 unspecified atom stereocenters. The normalized spacial score (nSPS) is 12.5. The van der Waals surface area contributed by atoms with Crippen LogP contribution in [-0.4, -0.2) is 20.0 Å². The number of hydrogen-bond donors (Lipinski definition) is 0. The lowest BCUT2D eigenvalue weighted by atomic mass is 10.4. The summed E-state index contributed by atoms with van der Waals surface area (Å²) in [5.41, 5.74) is 1.02. The van der Waals surface area contributed by atoms with E-state index in [0.29, 0.717) is 0 Å².